The molecule has 19 heavy (non-hydrogen) atoms. The fraction of sp³-hybridized carbons (Fsp3) is 0.625. The van der Waals surface area contributed by atoms with Gasteiger partial charge in [0.05, 0.1) is 0 Å². The minimum atomic E-state index is 0.216. The summed E-state index contributed by atoms with van der Waals surface area (Å²) in [6.45, 7) is 3.02. The number of hydrogen-bond donors (Lipinski definition) is 1. The van der Waals surface area contributed by atoms with Gasteiger partial charge >= 0.3 is 0 Å². The highest BCUT2D eigenvalue weighted by Gasteiger charge is 2.35. The van der Waals surface area contributed by atoms with Crippen LogP contribution in [0.15, 0.2) is 18.2 Å². The molecule has 0 radical (unpaired) electrons. The van der Waals surface area contributed by atoms with Gasteiger partial charge in [0.2, 0.25) is 0 Å². The van der Waals surface area contributed by atoms with Crippen LogP contribution >= 0.6 is 23.2 Å². The van der Waals surface area contributed by atoms with E-state index in [4.69, 9.17) is 28.9 Å². The number of benzene rings is 1. The van der Waals surface area contributed by atoms with Crippen molar-refractivity contribution in [2.45, 2.75) is 45.4 Å². The fourth-order valence-corrected chi connectivity index (χ4v) is 3.81. The first kappa shape index (κ1) is 15.2. The number of rotatable bonds is 4. The average molecular weight is 300 g/mol. The molecule has 0 amide bonds. The standard InChI is InChI=1S/C16H23Cl2N/c1-2-12-4-3-7-16(9-12,11-19)10-13-8-14(17)5-6-15(13)18/h5-6,8,12H,2-4,7,9-11,19H2,1H3. The number of halogens is 2. The molecule has 106 valence electrons. The van der Waals surface area contributed by atoms with Crippen molar-refractivity contribution in [2.24, 2.45) is 17.1 Å². The van der Waals surface area contributed by atoms with Crippen molar-refractivity contribution in [3.63, 3.8) is 0 Å². The maximum Gasteiger partial charge on any atom is 0.0439 e. The van der Waals surface area contributed by atoms with Gasteiger partial charge in [-0.1, -0.05) is 49.4 Å². The molecule has 0 aromatic heterocycles. The summed E-state index contributed by atoms with van der Waals surface area (Å²) in [5, 5.41) is 1.57. The largest absolute Gasteiger partial charge is 0.330 e. The van der Waals surface area contributed by atoms with E-state index >= 15 is 0 Å². The second-order valence-corrected chi connectivity index (χ2v) is 6.83. The van der Waals surface area contributed by atoms with Crippen molar-refractivity contribution in [1.82, 2.24) is 0 Å². The summed E-state index contributed by atoms with van der Waals surface area (Å²) in [5.74, 6) is 0.815. The highest BCUT2D eigenvalue weighted by atomic mass is 35.5. The molecule has 0 bridgehead atoms. The predicted octanol–water partition coefficient (Wildman–Crippen LogP) is 5.08. The van der Waals surface area contributed by atoms with Crippen LogP contribution in [0.1, 0.15) is 44.6 Å². The summed E-state index contributed by atoms with van der Waals surface area (Å²) in [6, 6.07) is 5.73. The summed E-state index contributed by atoms with van der Waals surface area (Å²) >= 11 is 12.4. The summed E-state index contributed by atoms with van der Waals surface area (Å²) in [4.78, 5) is 0. The van der Waals surface area contributed by atoms with Gasteiger partial charge in [0.15, 0.2) is 0 Å². The molecule has 1 nitrogen and oxygen atoms in total. The first-order chi connectivity index (χ1) is 9.08. The van der Waals surface area contributed by atoms with Crippen molar-refractivity contribution < 1.29 is 0 Å². The normalized spacial score (nSPS) is 27.5. The third-order valence-electron chi connectivity index (χ3n) is 4.62. The van der Waals surface area contributed by atoms with Gasteiger partial charge in [-0.25, -0.2) is 0 Å². The molecular weight excluding hydrogens is 277 g/mol. The molecule has 2 N–H and O–H groups in total. The van der Waals surface area contributed by atoms with Gasteiger partial charge < -0.3 is 5.73 Å². The van der Waals surface area contributed by atoms with Crippen LogP contribution in [0.2, 0.25) is 10.0 Å². The summed E-state index contributed by atoms with van der Waals surface area (Å²) in [7, 11) is 0. The molecule has 2 atom stereocenters. The molecule has 1 aliphatic carbocycles. The van der Waals surface area contributed by atoms with Gasteiger partial charge in [0.1, 0.15) is 0 Å². The van der Waals surface area contributed by atoms with E-state index in [0.29, 0.717) is 0 Å². The molecule has 1 fully saturated rings. The molecule has 1 saturated carbocycles. The van der Waals surface area contributed by atoms with Crippen LogP contribution in [0.4, 0.5) is 0 Å². The zero-order chi connectivity index (χ0) is 13.9. The minimum absolute atomic E-state index is 0.216. The maximum absolute atomic E-state index is 6.31. The van der Waals surface area contributed by atoms with Gasteiger partial charge in [-0.05, 0) is 60.9 Å². The van der Waals surface area contributed by atoms with E-state index in [2.05, 4.69) is 6.92 Å². The average Bonchev–Trinajstić information content (AvgIpc) is 2.43. The van der Waals surface area contributed by atoms with E-state index in [-0.39, 0.29) is 5.41 Å². The SMILES string of the molecule is CCC1CCCC(CN)(Cc2cc(Cl)ccc2Cl)C1. The Morgan fingerprint density at radius 2 is 2.16 bits per heavy atom. The van der Waals surface area contributed by atoms with Crippen LogP contribution in [0.25, 0.3) is 0 Å². The third kappa shape index (κ3) is 3.65. The van der Waals surface area contributed by atoms with E-state index in [0.717, 1.165) is 34.5 Å². The Balaban J connectivity index is 2.20. The fourth-order valence-electron chi connectivity index (χ4n) is 3.43. The maximum atomic E-state index is 6.31. The highest BCUT2D eigenvalue weighted by molar-refractivity contribution is 6.33. The second kappa shape index (κ2) is 6.47. The van der Waals surface area contributed by atoms with Gasteiger partial charge in [0, 0.05) is 10.0 Å². The van der Waals surface area contributed by atoms with Crippen LogP contribution in [-0.2, 0) is 6.42 Å². The van der Waals surface area contributed by atoms with Crippen molar-refractivity contribution >= 4 is 23.2 Å². The van der Waals surface area contributed by atoms with Crippen molar-refractivity contribution in [3.05, 3.63) is 33.8 Å². The lowest BCUT2D eigenvalue weighted by atomic mass is 9.66. The van der Waals surface area contributed by atoms with E-state index in [1.54, 1.807) is 0 Å². The Labute approximate surface area is 126 Å². The third-order valence-corrected chi connectivity index (χ3v) is 5.23. The molecule has 0 saturated heterocycles. The Bertz CT molecular complexity index is 433. The Morgan fingerprint density at radius 1 is 1.37 bits per heavy atom. The first-order valence-corrected chi connectivity index (χ1v) is 7.98. The van der Waals surface area contributed by atoms with E-state index in [1.165, 1.54) is 32.1 Å². The molecule has 1 aromatic rings. The van der Waals surface area contributed by atoms with Gasteiger partial charge in [0.25, 0.3) is 0 Å². The molecule has 2 rings (SSSR count). The van der Waals surface area contributed by atoms with Crippen LogP contribution in [0, 0.1) is 11.3 Å². The van der Waals surface area contributed by atoms with Crippen molar-refractivity contribution in [2.75, 3.05) is 6.54 Å². The van der Waals surface area contributed by atoms with Gasteiger partial charge in [-0.3, -0.25) is 0 Å². The molecular formula is C16H23Cl2N. The minimum Gasteiger partial charge on any atom is -0.330 e. The van der Waals surface area contributed by atoms with Crippen LogP contribution in [0.3, 0.4) is 0 Å². The topological polar surface area (TPSA) is 26.0 Å². The molecule has 1 aliphatic rings. The van der Waals surface area contributed by atoms with Gasteiger partial charge in [-0.15, -0.1) is 0 Å². The van der Waals surface area contributed by atoms with Crippen LogP contribution in [0.5, 0.6) is 0 Å². The zero-order valence-corrected chi connectivity index (χ0v) is 13.1. The molecule has 3 heteroatoms. The van der Waals surface area contributed by atoms with Crippen LogP contribution < -0.4 is 5.73 Å². The summed E-state index contributed by atoms with van der Waals surface area (Å²) in [5.41, 5.74) is 7.48. The Morgan fingerprint density at radius 3 is 2.84 bits per heavy atom. The van der Waals surface area contributed by atoms with E-state index < -0.39 is 0 Å². The lowest BCUT2D eigenvalue weighted by molar-refractivity contribution is 0.142. The smallest absolute Gasteiger partial charge is 0.0439 e. The first-order valence-electron chi connectivity index (χ1n) is 7.22. The lowest BCUT2D eigenvalue weighted by Gasteiger charge is -2.40. The predicted molar refractivity (Wildman–Crippen MR) is 83.9 cm³/mol. The summed E-state index contributed by atoms with van der Waals surface area (Å²) < 4.78 is 0. The quantitative estimate of drug-likeness (QED) is 0.824. The highest BCUT2D eigenvalue weighted by Crippen LogP contribution is 2.43. The molecule has 0 spiro atoms. The van der Waals surface area contributed by atoms with Crippen LogP contribution in [-0.4, -0.2) is 6.54 Å². The summed E-state index contributed by atoms with van der Waals surface area (Å²) in [6.07, 6.45) is 7.28. The lowest BCUT2D eigenvalue weighted by Crippen LogP contribution is -2.37. The molecule has 0 heterocycles. The monoisotopic (exact) mass is 299 g/mol. The van der Waals surface area contributed by atoms with Gasteiger partial charge in [-0.2, -0.15) is 0 Å². The zero-order valence-electron chi connectivity index (χ0n) is 11.6. The number of hydrogen-bond acceptors (Lipinski definition) is 1. The van der Waals surface area contributed by atoms with Crippen molar-refractivity contribution in [3.8, 4) is 0 Å². The molecule has 1 aromatic carbocycles. The van der Waals surface area contributed by atoms with Crippen molar-refractivity contribution in [1.29, 1.82) is 0 Å². The Kier molecular flexibility index (Phi) is 5.16. The van der Waals surface area contributed by atoms with E-state index in [1.807, 2.05) is 18.2 Å². The Hall–Kier alpha value is -0.240. The number of nitrogens with two attached hydrogens (primary N) is 1. The van der Waals surface area contributed by atoms with E-state index in [9.17, 15) is 0 Å². The second-order valence-electron chi connectivity index (χ2n) is 5.99. The molecule has 0 aliphatic heterocycles. The molecule has 2 unspecified atom stereocenters.